The smallest absolute Gasteiger partial charge is 0.253 e. The SMILES string of the molecule is COc1ccc(C(=O)N2CCN(C(=O)C(c3ccccc3)N3CCS(=O)(=O)CC3)CC2)cc1. The number of nitrogens with zero attached hydrogens (tertiary/aromatic N) is 3. The second kappa shape index (κ2) is 9.93. The van der Waals surface area contributed by atoms with Crippen LogP contribution in [0.4, 0.5) is 0 Å². The lowest BCUT2D eigenvalue weighted by Gasteiger charge is -2.40. The number of rotatable bonds is 5. The van der Waals surface area contributed by atoms with E-state index in [0.29, 0.717) is 50.6 Å². The van der Waals surface area contributed by atoms with Crippen LogP contribution in [-0.2, 0) is 14.6 Å². The Balaban J connectivity index is 1.44. The Hall–Kier alpha value is -2.91. The van der Waals surface area contributed by atoms with Crippen LogP contribution >= 0.6 is 0 Å². The monoisotopic (exact) mass is 471 g/mol. The molecule has 2 aromatic carbocycles. The molecule has 0 N–H and O–H groups in total. The van der Waals surface area contributed by atoms with Crippen LogP contribution in [0.15, 0.2) is 54.6 Å². The van der Waals surface area contributed by atoms with Gasteiger partial charge in [0.2, 0.25) is 5.91 Å². The molecule has 0 aromatic heterocycles. The summed E-state index contributed by atoms with van der Waals surface area (Å²) in [4.78, 5) is 32.0. The van der Waals surface area contributed by atoms with E-state index in [4.69, 9.17) is 4.74 Å². The van der Waals surface area contributed by atoms with E-state index < -0.39 is 15.9 Å². The van der Waals surface area contributed by atoms with Gasteiger partial charge in [-0.1, -0.05) is 30.3 Å². The Kier molecular flexibility index (Phi) is 6.99. The van der Waals surface area contributed by atoms with Crippen molar-refractivity contribution in [2.45, 2.75) is 6.04 Å². The lowest BCUT2D eigenvalue weighted by Crippen LogP contribution is -2.54. The Bertz CT molecular complexity index is 1070. The molecule has 2 fully saturated rings. The van der Waals surface area contributed by atoms with Gasteiger partial charge in [0.15, 0.2) is 9.84 Å². The summed E-state index contributed by atoms with van der Waals surface area (Å²) in [5.74, 6) is 0.712. The maximum Gasteiger partial charge on any atom is 0.253 e. The summed E-state index contributed by atoms with van der Waals surface area (Å²) in [7, 11) is -1.47. The van der Waals surface area contributed by atoms with Gasteiger partial charge in [-0.3, -0.25) is 14.5 Å². The number of amides is 2. The maximum atomic E-state index is 13.6. The molecule has 2 aliphatic rings. The van der Waals surface area contributed by atoms with E-state index in [1.54, 1.807) is 41.2 Å². The quantitative estimate of drug-likeness (QED) is 0.656. The molecule has 1 atom stereocenters. The summed E-state index contributed by atoms with van der Waals surface area (Å²) in [6, 6.07) is 16.0. The first kappa shape index (κ1) is 23.3. The van der Waals surface area contributed by atoms with Gasteiger partial charge < -0.3 is 14.5 Å². The molecule has 2 aromatic rings. The van der Waals surface area contributed by atoms with E-state index >= 15 is 0 Å². The van der Waals surface area contributed by atoms with Crippen LogP contribution in [-0.4, -0.2) is 92.8 Å². The van der Waals surface area contributed by atoms with Crippen molar-refractivity contribution in [2.75, 3.05) is 57.9 Å². The lowest BCUT2D eigenvalue weighted by atomic mass is 10.0. The molecule has 33 heavy (non-hydrogen) atoms. The molecule has 2 saturated heterocycles. The van der Waals surface area contributed by atoms with Crippen molar-refractivity contribution in [1.29, 1.82) is 0 Å². The number of ether oxygens (including phenoxy) is 1. The van der Waals surface area contributed by atoms with Gasteiger partial charge in [0, 0.05) is 44.8 Å². The third-order valence-electron chi connectivity index (χ3n) is 6.31. The average Bonchev–Trinajstić information content (AvgIpc) is 2.85. The number of benzene rings is 2. The lowest BCUT2D eigenvalue weighted by molar-refractivity contribution is -0.138. The van der Waals surface area contributed by atoms with Crippen molar-refractivity contribution in [2.24, 2.45) is 0 Å². The number of piperazine rings is 1. The fourth-order valence-electron chi connectivity index (χ4n) is 4.35. The summed E-state index contributed by atoms with van der Waals surface area (Å²) < 4.78 is 29.0. The van der Waals surface area contributed by atoms with Crippen molar-refractivity contribution < 1.29 is 22.7 Å². The highest BCUT2D eigenvalue weighted by Gasteiger charge is 2.36. The molecule has 176 valence electrons. The molecule has 0 bridgehead atoms. The Morgan fingerprint density at radius 2 is 1.39 bits per heavy atom. The van der Waals surface area contributed by atoms with Gasteiger partial charge in [-0.15, -0.1) is 0 Å². The van der Waals surface area contributed by atoms with Crippen LogP contribution in [0.3, 0.4) is 0 Å². The average molecular weight is 472 g/mol. The van der Waals surface area contributed by atoms with Crippen LogP contribution in [0.2, 0.25) is 0 Å². The third-order valence-corrected chi connectivity index (χ3v) is 7.92. The minimum atomic E-state index is -3.05. The summed E-state index contributed by atoms with van der Waals surface area (Å²) in [5.41, 5.74) is 1.45. The van der Waals surface area contributed by atoms with Crippen molar-refractivity contribution in [3.8, 4) is 5.75 Å². The minimum Gasteiger partial charge on any atom is -0.497 e. The number of carbonyl (C=O) groups excluding carboxylic acids is 2. The first-order valence-electron chi connectivity index (χ1n) is 11.1. The van der Waals surface area contributed by atoms with Gasteiger partial charge in [0.05, 0.1) is 18.6 Å². The van der Waals surface area contributed by atoms with Gasteiger partial charge in [-0.05, 0) is 29.8 Å². The molecule has 8 nitrogen and oxygen atoms in total. The number of hydrogen-bond acceptors (Lipinski definition) is 6. The molecule has 2 aliphatic heterocycles. The molecule has 0 spiro atoms. The topological polar surface area (TPSA) is 87.2 Å². The van der Waals surface area contributed by atoms with Crippen molar-refractivity contribution in [3.63, 3.8) is 0 Å². The van der Waals surface area contributed by atoms with Crippen molar-refractivity contribution in [3.05, 3.63) is 65.7 Å². The number of hydrogen-bond donors (Lipinski definition) is 0. The molecule has 0 radical (unpaired) electrons. The summed E-state index contributed by atoms with van der Waals surface area (Å²) in [6.45, 7) is 2.46. The Morgan fingerprint density at radius 3 is 1.97 bits per heavy atom. The molecule has 1 unspecified atom stereocenters. The second-order valence-electron chi connectivity index (χ2n) is 8.35. The zero-order valence-corrected chi connectivity index (χ0v) is 19.5. The fraction of sp³-hybridized carbons (Fsp3) is 0.417. The van der Waals surface area contributed by atoms with Crippen LogP contribution in [0.5, 0.6) is 5.75 Å². The highest BCUT2D eigenvalue weighted by atomic mass is 32.2. The molecular weight excluding hydrogens is 442 g/mol. The molecule has 2 heterocycles. The minimum absolute atomic E-state index is 0.0444. The largest absolute Gasteiger partial charge is 0.497 e. The molecule has 4 rings (SSSR count). The number of methoxy groups -OCH3 is 1. The van der Waals surface area contributed by atoms with E-state index in [9.17, 15) is 18.0 Å². The van der Waals surface area contributed by atoms with E-state index in [0.717, 1.165) is 5.56 Å². The summed E-state index contributed by atoms with van der Waals surface area (Å²) in [6.07, 6.45) is 0. The predicted octanol–water partition coefficient (Wildman–Crippen LogP) is 1.45. The van der Waals surface area contributed by atoms with E-state index in [1.165, 1.54) is 0 Å². The predicted molar refractivity (Wildman–Crippen MR) is 125 cm³/mol. The van der Waals surface area contributed by atoms with Gasteiger partial charge in [0.25, 0.3) is 5.91 Å². The molecule has 0 aliphatic carbocycles. The molecule has 2 amide bonds. The van der Waals surface area contributed by atoms with Crippen LogP contribution in [0, 0.1) is 0 Å². The van der Waals surface area contributed by atoms with Gasteiger partial charge in [-0.2, -0.15) is 0 Å². The van der Waals surface area contributed by atoms with Crippen molar-refractivity contribution in [1.82, 2.24) is 14.7 Å². The summed E-state index contributed by atoms with van der Waals surface area (Å²) >= 11 is 0. The van der Waals surface area contributed by atoms with Crippen molar-refractivity contribution >= 4 is 21.7 Å². The molecular formula is C24H29N3O5S. The highest BCUT2D eigenvalue weighted by Crippen LogP contribution is 2.26. The van der Waals surface area contributed by atoms with Gasteiger partial charge >= 0.3 is 0 Å². The highest BCUT2D eigenvalue weighted by molar-refractivity contribution is 7.91. The zero-order chi connectivity index (χ0) is 23.4. The normalized spacial score (nSPS) is 19.7. The van der Waals surface area contributed by atoms with E-state index in [1.807, 2.05) is 35.2 Å². The Morgan fingerprint density at radius 1 is 0.818 bits per heavy atom. The summed E-state index contributed by atoms with van der Waals surface area (Å²) in [5, 5.41) is 0. The second-order valence-corrected chi connectivity index (χ2v) is 10.7. The first-order chi connectivity index (χ1) is 15.9. The first-order valence-corrected chi connectivity index (χ1v) is 12.9. The van der Waals surface area contributed by atoms with Crippen LogP contribution in [0.1, 0.15) is 22.0 Å². The van der Waals surface area contributed by atoms with Gasteiger partial charge in [-0.25, -0.2) is 8.42 Å². The molecule has 9 heteroatoms. The van der Waals surface area contributed by atoms with Gasteiger partial charge in [0.1, 0.15) is 11.8 Å². The molecule has 0 saturated carbocycles. The number of sulfone groups is 1. The van der Waals surface area contributed by atoms with Crippen LogP contribution < -0.4 is 4.74 Å². The third kappa shape index (κ3) is 5.36. The standard InChI is InChI=1S/C24H29N3O5S/c1-32-21-9-7-20(8-10-21)23(28)26-11-13-27(14-12-26)24(29)22(19-5-3-2-4-6-19)25-15-17-33(30,31)18-16-25/h2-10,22H,11-18H2,1H3. The maximum absolute atomic E-state index is 13.6. The van der Waals surface area contributed by atoms with Crippen LogP contribution in [0.25, 0.3) is 0 Å². The number of carbonyl (C=O) groups is 2. The zero-order valence-electron chi connectivity index (χ0n) is 18.7. The van der Waals surface area contributed by atoms with E-state index in [-0.39, 0.29) is 23.3 Å². The fourth-order valence-corrected chi connectivity index (χ4v) is 5.58. The Labute approximate surface area is 194 Å². The van der Waals surface area contributed by atoms with E-state index in [2.05, 4.69) is 0 Å².